The van der Waals surface area contributed by atoms with Gasteiger partial charge in [0.2, 0.25) is 5.91 Å². The fraction of sp³-hybridized carbons (Fsp3) is 0.370. The summed E-state index contributed by atoms with van der Waals surface area (Å²) in [5.74, 6) is 0.303. The van der Waals surface area contributed by atoms with E-state index in [0.29, 0.717) is 26.2 Å². The fourth-order valence-electron chi connectivity index (χ4n) is 4.61. The van der Waals surface area contributed by atoms with E-state index in [1.54, 1.807) is 0 Å². The molecular weight excluding hydrogens is 398 g/mol. The Bertz CT molecular complexity index is 1220. The molecule has 2 fully saturated rings. The molecule has 32 heavy (non-hydrogen) atoms. The molecule has 0 unspecified atom stereocenters. The summed E-state index contributed by atoms with van der Waals surface area (Å²) >= 11 is 0. The van der Waals surface area contributed by atoms with Gasteiger partial charge in [0.1, 0.15) is 0 Å². The van der Waals surface area contributed by atoms with Crippen LogP contribution in [-0.2, 0) is 4.79 Å². The molecule has 2 heterocycles. The smallest absolute Gasteiger partial charge is 0.254 e. The van der Waals surface area contributed by atoms with Crippen LogP contribution in [0.3, 0.4) is 0 Å². The Morgan fingerprint density at radius 1 is 0.844 bits per heavy atom. The van der Waals surface area contributed by atoms with Gasteiger partial charge in [-0.1, -0.05) is 37.3 Å². The first-order chi connectivity index (χ1) is 15.4. The maximum atomic E-state index is 13.3. The number of para-hydroxylation sites is 1. The highest BCUT2D eigenvalue weighted by Crippen LogP contribution is 2.46. The molecule has 1 aromatic heterocycles. The number of fused-ring (bicyclic) bond motifs is 1. The van der Waals surface area contributed by atoms with Gasteiger partial charge >= 0.3 is 0 Å². The van der Waals surface area contributed by atoms with E-state index in [1.165, 1.54) is 0 Å². The molecule has 5 nitrogen and oxygen atoms in total. The maximum Gasteiger partial charge on any atom is 0.254 e. The number of amides is 2. The number of rotatable bonds is 3. The molecule has 2 aliphatic rings. The second-order valence-corrected chi connectivity index (χ2v) is 9.44. The Morgan fingerprint density at radius 3 is 2.25 bits per heavy atom. The van der Waals surface area contributed by atoms with Gasteiger partial charge in [-0.05, 0) is 56.0 Å². The van der Waals surface area contributed by atoms with E-state index in [9.17, 15) is 9.59 Å². The van der Waals surface area contributed by atoms with Gasteiger partial charge in [0.25, 0.3) is 5.91 Å². The van der Waals surface area contributed by atoms with Crippen molar-refractivity contribution in [3.63, 3.8) is 0 Å². The SMILES string of the molecule is Cc1c(C(=O)N2CCN(C(=O)C3(C)CC3)CC2)ccc(-c2ccc3ccccc3n2)c1C. The van der Waals surface area contributed by atoms with E-state index in [0.717, 1.165) is 51.7 Å². The van der Waals surface area contributed by atoms with Gasteiger partial charge in [-0.25, -0.2) is 4.98 Å². The second kappa shape index (κ2) is 7.73. The van der Waals surface area contributed by atoms with Crippen LogP contribution in [0.4, 0.5) is 0 Å². The predicted molar refractivity (Wildman–Crippen MR) is 126 cm³/mol. The molecule has 1 aliphatic carbocycles. The van der Waals surface area contributed by atoms with Crippen molar-refractivity contribution in [2.75, 3.05) is 26.2 Å². The number of hydrogen-bond donors (Lipinski definition) is 0. The van der Waals surface area contributed by atoms with Crippen molar-refractivity contribution in [3.05, 3.63) is 65.2 Å². The van der Waals surface area contributed by atoms with Gasteiger partial charge in [-0.2, -0.15) is 0 Å². The first-order valence-electron chi connectivity index (χ1n) is 11.4. The monoisotopic (exact) mass is 427 g/mol. The summed E-state index contributed by atoms with van der Waals surface area (Å²) in [5, 5.41) is 1.12. The van der Waals surface area contributed by atoms with Crippen LogP contribution in [0.15, 0.2) is 48.5 Å². The average molecular weight is 428 g/mol. The van der Waals surface area contributed by atoms with Crippen LogP contribution in [0.5, 0.6) is 0 Å². The van der Waals surface area contributed by atoms with Gasteiger partial charge in [-0.3, -0.25) is 9.59 Å². The summed E-state index contributed by atoms with van der Waals surface area (Å²) in [6.07, 6.45) is 1.98. The molecule has 0 radical (unpaired) electrons. The van der Waals surface area contributed by atoms with Crippen molar-refractivity contribution in [1.29, 1.82) is 0 Å². The van der Waals surface area contributed by atoms with Gasteiger partial charge in [-0.15, -0.1) is 0 Å². The van der Waals surface area contributed by atoms with Crippen molar-refractivity contribution >= 4 is 22.7 Å². The third-order valence-electron chi connectivity index (χ3n) is 7.26. The molecule has 0 N–H and O–H groups in total. The van der Waals surface area contributed by atoms with E-state index < -0.39 is 0 Å². The Hall–Kier alpha value is -3.21. The van der Waals surface area contributed by atoms with Crippen LogP contribution in [0.25, 0.3) is 22.2 Å². The Balaban J connectivity index is 1.35. The maximum absolute atomic E-state index is 13.3. The molecule has 5 rings (SSSR count). The number of carbonyl (C=O) groups is 2. The van der Waals surface area contributed by atoms with Crippen LogP contribution in [0.2, 0.25) is 0 Å². The lowest BCUT2D eigenvalue weighted by Crippen LogP contribution is -2.52. The summed E-state index contributed by atoms with van der Waals surface area (Å²) in [6.45, 7) is 8.55. The zero-order valence-corrected chi connectivity index (χ0v) is 19.0. The topological polar surface area (TPSA) is 53.5 Å². The molecule has 1 aliphatic heterocycles. The molecule has 1 saturated heterocycles. The Morgan fingerprint density at radius 2 is 1.53 bits per heavy atom. The summed E-state index contributed by atoms with van der Waals surface area (Å²) < 4.78 is 0. The third-order valence-corrected chi connectivity index (χ3v) is 7.26. The lowest BCUT2D eigenvalue weighted by atomic mass is 9.95. The normalized spacial score (nSPS) is 17.5. The van der Waals surface area contributed by atoms with Crippen molar-refractivity contribution < 1.29 is 9.59 Å². The average Bonchev–Trinajstić information content (AvgIpc) is 3.58. The molecule has 164 valence electrons. The number of nitrogens with zero attached hydrogens (tertiary/aromatic N) is 3. The zero-order valence-electron chi connectivity index (χ0n) is 19.0. The molecular formula is C27H29N3O2. The second-order valence-electron chi connectivity index (χ2n) is 9.44. The standard InChI is InChI=1S/C27H29N3O2/c1-18-19(2)22(10-9-21(18)24-11-8-20-6-4-5-7-23(20)28-24)25(31)29-14-16-30(17-15-29)26(32)27(3)12-13-27/h4-11H,12-17H2,1-3H3. The van der Waals surface area contributed by atoms with Crippen molar-refractivity contribution in [1.82, 2.24) is 14.8 Å². The van der Waals surface area contributed by atoms with Gasteiger partial charge in [0.15, 0.2) is 0 Å². The van der Waals surface area contributed by atoms with E-state index >= 15 is 0 Å². The van der Waals surface area contributed by atoms with E-state index in [-0.39, 0.29) is 17.2 Å². The molecule has 3 aromatic rings. The van der Waals surface area contributed by atoms with Crippen LogP contribution in [-0.4, -0.2) is 52.8 Å². The van der Waals surface area contributed by atoms with Crippen LogP contribution >= 0.6 is 0 Å². The lowest BCUT2D eigenvalue weighted by molar-refractivity contribution is -0.137. The van der Waals surface area contributed by atoms with E-state index in [2.05, 4.69) is 19.1 Å². The number of piperazine rings is 1. The molecule has 5 heteroatoms. The summed E-state index contributed by atoms with van der Waals surface area (Å²) in [5.41, 5.74) is 5.60. The summed E-state index contributed by atoms with van der Waals surface area (Å²) in [4.78, 5) is 34.5. The van der Waals surface area contributed by atoms with Crippen molar-refractivity contribution in [2.24, 2.45) is 5.41 Å². The van der Waals surface area contributed by atoms with Crippen molar-refractivity contribution in [3.8, 4) is 11.3 Å². The lowest BCUT2D eigenvalue weighted by Gasteiger charge is -2.36. The summed E-state index contributed by atoms with van der Waals surface area (Å²) in [6, 6.07) is 16.2. The first-order valence-corrected chi connectivity index (χ1v) is 11.4. The van der Waals surface area contributed by atoms with Crippen LogP contribution in [0.1, 0.15) is 41.3 Å². The summed E-state index contributed by atoms with van der Waals surface area (Å²) in [7, 11) is 0. The minimum absolute atomic E-state index is 0.0494. The van der Waals surface area contributed by atoms with Gasteiger partial charge < -0.3 is 9.80 Å². The predicted octanol–water partition coefficient (Wildman–Crippen LogP) is 4.60. The van der Waals surface area contributed by atoms with Crippen LogP contribution in [0, 0.1) is 19.3 Å². The highest BCUT2D eigenvalue weighted by Gasteiger charge is 2.47. The molecule has 2 amide bonds. The quantitative estimate of drug-likeness (QED) is 0.614. The molecule has 2 aromatic carbocycles. The highest BCUT2D eigenvalue weighted by molar-refractivity contribution is 5.97. The fourth-order valence-corrected chi connectivity index (χ4v) is 4.61. The zero-order chi connectivity index (χ0) is 22.5. The Labute approximate surface area is 189 Å². The van der Waals surface area contributed by atoms with Crippen molar-refractivity contribution in [2.45, 2.75) is 33.6 Å². The van der Waals surface area contributed by atoms with Crippen LogP contribution < -0.4 is 0 Å². The number of pyridine rings is 1. The molecule has 1 saturated carbocycles. The minimum atomic E-state index is -0.146. The molecule has 0 spiro atoms. The highest BCUT2D eigenvalue weighted by atomic mass is 16.2. The number of benzene rings is 2. The number of carbonyl (C=O) groups excluding carboxylic acids is 2. The third kappa shape index (κ3) is 3.56. The first kappa shape index (κ1) is 20.7. The minimum Gasteiger partial charge on any atom is -0.339 e. The molecule has 0 bridgehead atoms. The largest absolute Gasteiger partial charge is 0.339 e. The molecule has 0 atom stereocenters. The van der Waals surface area contributed by atoms with Gasteiger partial charge in [0, 0.05) is 48.1 Å². The van der Waals surface area contributed by atoms with E-state index in [4.69, 9.17) is 4.98 Å². The number of hydrogen-bond acceptors (Lipinski definition) is 3. The Kier molecular flexibility index (Phi) is 5.00. The van der Waals surface area contributed by atoms with E-state index in [1.807, 2.05) is 60.0 Å². The van der Waals surface area contributed by atoms with Gasteiger partial charge in [0.05, 0.1) is 11.2 Å². The number of aromatic nitrogens is 1.